The third-order valence-electron chi connectivity index (χ3n) is 3.19. The minimum absolute atomic E-state index is 0.615. The molecule has 0 aliphatic carbocycles. The van der Waals surface area contributed by atoms with Crippen LogP contribution in [0, 0.1) is 0 Å². The topological polar surface area (TPSA) is 17.8 Å². The van der Waals surface area contributed by atoms with Crippen molar-refractivity contribution in [3.63, 3.8) is 0 Å². The summed E-state index contributed by atoms with van der Waals surface area (Å²) in [5.41, 5.74) is 1.37. The SMILES string of the molecule is CC1CCCn2c(-c3cccs3)nc(Br)c21. The lowest BCUT2D eigenvalue weighted by Crippen LogP contribution is -2.14. The standard InChI is InChI=1S/C12H13BrN2S/c1-8-4-2-6-15-10(8)11(13)14-12(15)9-5-3-7-16-9/h3,5,7-8H,2,4,6H2,1H3. The van der Waals surface area contributed by atoms with E-state index in [1.807, 2.05) is 0 Å². The molecule has 1 unspecified atom stereocenters. The Morgan fingerprint density at radius 2 is 2.44 bits per heavy atom. The maximum Gasteiger partial charge on any atom is 0.151 e. The van der Waals surface area contributed by atoms with Gasteiger partial charge in [0.05, 0.1) is 10.6 Å². The van der Waals surface area contributed by atoms with Crippen LogP contribution in [0.3, 0.4) is 0 Å². The average Bonchev–Trinajstić information content (AvgIpc) is 2.86. The molecule has 0 fully saturated rings. The fraction of sp³-hybridized carbons (Fsp3) is 0.417. The number of imidazole rings is 1. The van der Waals surface area contributed by atoms with Crippen molar-refractivity contribution in [3.05, 3.63) is 27.8 Å². The molecule has 3 heterocycles. The van der Waals surface area contributed by atoms with Crippen LogP contribution in [0.4, 0.5) is 0 Å². The molecule has 0 bridgehead atoms. The molecule has 0 radical (unpaired) electrons. The smallest absolute Gasteiger partial charge is 0.151 e. The monoisotopic (exact) mass is 296 g/mol. The number of nitrogens with zero attached hydrogens (tertiary/aromatic N) is 2. The van der Waals surface area contributed by atoms with E-state index < -0.39 is 0 Å². The second-order valence-electron chi connectivity index (χ2n) is 4.28. The van der Waals surface area contributed by atoms with E-state index in [9.17, 15) is 0 Å². The first kappa shape index (κ1) is 10.5. The van der Waals surface area contributed by atoms with Gasteiger partial charge >= 0.3 is 0 Å². The fourth-order valence-electron chi connectivity index (χ4n) is 2.42. The molecule has 3 rings (SSSR count). The fourth-order valence-corrected chi connectivity index (χ4v) is 3.91. The van der Waals surface area contributed by atoms with Crippen molar-refractivity contribution >= 4 is 27.3 Å². The molecule has 2 aromatic heterocycles. The first-order valence-electron chi connectivity index (χ1n) is 5.57. The van der Waals surface area contributed by atoms with Crippen molar-refractivity contribution in [2.24, 2.45) is 0 Å². The van der Waals surface area contributed by atoms with Crippen LogP contribution in [0.25, 0.3) is 10.7 Å². The van der Waals surface area contributed by atoms with Crippen molar-refractivity contribution in [2.75, 3.05) is 0 Å². The molecule has 0 saturated heterocycles. The van der Waals surface area contributed by atoms with E-state index in [1.54, 1.807) is 11.3 Å². The molecule has 2 aromatic rings. The summed E-state index contributed by atoms with van der Waals surface area (Å²) in [7, 11) is 0. The summed E-state index contributed by atoms with van der Waals surface area (Å²) < 4.78 is 3.41. The van der Waals surface area contributed by atoms with Crippen LogP contribution in [-0.4, -0.2) is 9.55 Å². The largest absolute Gasteiger partial charge is 0.326 e. The van der Waals surface area contributed by atoms with Crippen LogP contribution in [0.5, 0.6) is 0 Å². The van der Waals surface area contributed by atoms with Crippen molar-refractivity contribution in [3.8, 4) is 10.7 Å². The van der Waals surface area contributed by atoms with Gasteiger partial charge in [0.1, 0.15) is 4.60 Å². The number of hydrogen-bond acceptors (Lipinski definition) is 2. The molecular formula is C12H13BrN2S. The van der Waals surface area contributed by atoms with Crippen LogP contribution < -0.4 is 0 Å². The molecule has 1 aliphatic heterocycles. The van der Waals surface area contributed by atoms with Crippen LogP contribution in [-0.2, 0) is 6.54 Å². The summed E-state index contributed by atoms with van der Waals surface area (Å²) in [5.74, 6) is 1.74. The zero-order chi connectivity index (χ0) is 11.1. The number of thiophene rings is 1. The molecule has 0 saturated carbocycles. The third-order valence-corrected chi connectivity index (χ3v) is 4.64. The van der Waals surface area contributed by atoms with Crippen molar-refractivity contribution < 1.29 is 0 Å². The van der Waals surface area contributed by atoms with Gasteiger partial charge in [0.15, 0.2) is 5.82 Å². The molecule has 2 nitrogen and oxygen atoms in total. The lowest BCUT2D eigenvalue weighted by Gasteiger charge is -2.22. The summed E-state index contributed by atoms with van der Waals surface area (Å²) in [6.45, 7) is 3.39. The Labute approximate surface area is 107 Å². The van der Waals surface area contributed by atoms with Gasteiger partial charge in [-0.05, 0) is 46.1 Å². The van der Waals surface area contributed by atoms with Crippen LogP contribution in [0.15, 0.2) is 22.1 Å². The van der Waals surface area contributed by atoms with Gasteiger partial charge in [-0.25, -0.2) is 4.98 Å². The zero-order valence-corrected chi connectivity index (χ0v) is 11.5. The second kappa shape index (κ2) is 4.00. The van der Waals surface area contributed by atoms with Gasteiger partial charge in [-0.2, -0.15) is 0 Å². The molecule has 4 heteroatoms. The Hall–Kier alpha value is -0.610. The number of aromatic nitrogens is 2. The third kappa shape index (κ3) is 1.55. The Balaban J connectivity index is 2.18. The molecule has 84 valence electrons. The summed E-state index contributed by atoms with van der Waals surface area (Å²) >= 11 is 5.36. The van der Waals surface area contributed by atoms with Crippen LogP contribution in [0.1, 0.15) is 31.4 Å². The van der Waals surface area contributed by atoms with E-state index in [4.69, 9.17) is 0 Å². The predicted octanol–water partition coefficient (Wildman–Crippen LogP) is 4.27. The number of fused-ring (bicyclic) bond motifs is 1. The van der Waals surface area contributed by atoms with E-state index in [2.05, 4.69) is 49.9 Å². The molecule has 0 amide bonds. The Bertz CT molecular complexity index is 501. The quantitative estimate of drug-likeness (QED) is 0.768. The van der Waals surface area contributed by atoms with Gasteiger partial charge in [0.25, 0.3) is 0 Å². The Kier molecular flexibility index (Phi) is 2.64. The molecule has 0 aromatic carbocycles. The Morgan fingerprint density at radius 1 is 1.56 bits per heavy atom. The van der Waals surface area contributed by atoms with E-state index in [0.717, 1.165) is 17.0 Å². The van der Waals surface area contributed by atoms with E-state index in [-0.39, 0.29) is 0 Å². The van der Waals surface area contributed by atoms with Crippen molar-refractivity contribution in [1.82, 2.24) is 9.55 Å². The highest BCUT2D eigenvalue weighted by molar-refractivity contribution is 9.10. The van der Waals surface area contributed by atoms with Crippen LogP contribution >= 0.6 is 27.3 Å². The van der Waals surface area contributed by atoms with Gasteiger partial charge in [-0.3, -0.25) is 0 Å². The lowest BCUT2D eigenvalue weighted by atomic mass is 9.99. The lowest BCUT2D eigenvalue weighted by molar-refractivity contribution is 0.477. The van der Waals surface area contributed by atoms with Crippen molar-refractivity contribution in [2.45, 2.75) is 32.2 Å². The summed E-state index contributed by atoms with van der Waals surface area (Å²) in [6.07, 6.45) is 2.53. The highest BCUT2D eigenvalue weighted by atomic mass is 79.9. The van der Waals surface area contributed by atoms with Gasteiger partial charge in [0, 0.05) is 6.54 Å². The minimum Gasteiger partial charge on any atom is -0.326 e. The van der Waals surface area contributed by atoms with Gasteiger partial charge in [-0.15, -0.1) is 11.3 Å². The number of rotatable bonds is 1. The molecular weight excluding hydrogens is 284 g/mol. The minimum atomic E-state index is 0.615. The molecule has 1 aliphatic rings. The Morgan fingerprint density at radius 3 is 3.19 bits per heavy atom. The maximum absolute atomic E-state index is 4.68. The molecule has 1 atom stereocenters. The van der Waals surface area contributed by atoms with E-state index in [0.29, 0.717) is 5.92 Å². The van der Waals surface area contributed by atoms with E-state index >= 15 is 0 Å². The van der Waals surface area contributed by atoms with E-state index in [1.165, 1.54) is 23.4 Å². The maximum atomic E-state index is 4.68. The van der Waals surface area contributed by atoms with Gasteiger partial charge in [0.2, 0.25) is 0 Å². The predicted molar refractivity (Wildman–Crippen MR) is 70.9 cm³/mol. The van der Waals surface area contributed by atoms with Crippen LogP contribution in [0.2, 0.25) is 0 Å². The summed E-state index contributed by atoms with van der Waals surface area (Å²) in [4.78, 5) is 5.94. The molecule has 0 N–H and O–H groups in total. The molecule has 16 heavy (non-hydrogen) atoms. The van der Waals surface area contributed by atoms with Gasteiger partial charge in [-0.1, -0.05) is 13.0 Å². The second-order valence-corrected chi connectivity index (χ2v) is 5.98. The normalized spacial score (nSPS) is 19.8. The van der Waals surface area contributed by atoms with Gasteiger partial charge < -0.3 is 4.57 Å². The first-order chi connectivity index (χ1) is 7.77. The van der Waals surface area contributed by atoms with Crippen molar-refractivity contribution in [1.29, 1.82) is 0 Å². The number of halogens is 1. The summed E-state index contributed by atoms with van der Waals surface area (Å²) in [5, 5.41) is 2.11. The number of hydrogen-bond donors (Lipinski definition) is 0. The highest BCUT2D eigenvalue weighted by Gasteiger charge is 2.24. The first-order valence-corrected chi connectivity index (χ1v) is 7.24. The molecule has 0 spiro atoms. The summed E-state index contributed by atoms with van der Waals surface area (Å²) in [6, 6.07) is 4.23. The average molecular weight is 297 g/mol. The zero-order valence-electron chi connectivity index (χ0n) is 9.11. The highest BCUT2D eigenvalue weighted by Crippen LogP contribution is 2.37.